The molecular formula is C25H20N2O3S. The second-order valence-corrected chi connectivity index (χ2v) is 7.52. The standard InChI is InChI=1S/C25H20N2O3S/c1-17-7-9-19(10-8-17)16-30-21-13-11-18(12-14-21)15-22-23(28)26-25(31)27(24(22)29)20-5-3-2-4-6-20/h2-15H,16H2,1H3,(H,26,28,31)/b22-15-. The highest BCUT2D eigenvalue weighted by Crippen LogP contribution is 2.22. The zero-order valence-corrected chi connectivity index (χ0v) is 17.7. The number of benzene rings is 3. The van der Waals surface area contributed by atoms with E-state index in [-0.39, 0.29) is 10.7 Å². The molecule has 1 aliphatic heterocycles. The third-order valence-electron chi connectivity index (χ3n) is 4.83. The molecule has 1 aliphatic rings. The second kappa shape index (κ2) is 8.93. The Morgan fingerprint density at radius 1 is 0.935 bits per heavy atom. The highest BCUT2D eigenvalue weighted by Gasteiger charge is 2.34. The Labute approximate surface area is 186 Å². The number of anilines is 1. The van der Waals surface area contributed by atoms with Gasteiger partial charge in [-0.15, -0.1) is 0 Å². The van der Waals surface area contributed by atoms with Crippen LogP contribution in [0, 0.1) is 6.92 Å². The number of hydrogen-bond donors (Lipinski definition) is 1. The minimum atomic E-state index is -0.512. The number of nitrogens with zero attached hydrogens (tertiary/aromatic N) is 1. The van der Waals surface area contributed by atoms with Gasteiger partial charge in [0.2, 0.25) is 0 Å². The molecule has 0 unspecified atom stereocenters. The van der Waals surface area contributed by atoms with Crippen LogP contribution in [-0.2, 0) is 16.2 Å². The van der Waals surface area contributed by atoms with Crippen LogP contribution in [0.1, 0.15) is 16.7 Å². The average molecular weight is 429 g/mol. The molecule has 0 atom stereocenters. The minimum Gasteiger partial charge on any atom is -0.489 e. The molecule has 0 radical (unpaired) electrons. The van der Waals surface area contributed by atoms with Crippen LogP contribution >= 0.6 is 12.2 Å². The van der Waals surface area contributed by atoms with Gasteiger partial charge in [0, 0.05) is 0 Å². The Bertz CT molecular complexity index is 1150. The maximum Gasteiger partial charge on any atom is 0.270 e. The predicted octanol–water partition coefficient (Wildman–Crippen LogP) is 4.41. The van der Waals surface area contributed by atoms with Crippen molar-refractivity contribution in [1.82, 2.24) is 5.32 Å². The molecule has 1 N–H and O–H groups in total. The molecule has 1 fully saturated rings. The number of carbonyl (C=O) groups is 2. The van der Waals surface area contributed by atoms with Gasteiger partial charge in [-0.3, -0.25) is 19.8 Å². The third-order valence-corrected chi connectivity index (χ3v) is 5.12. The van der Waals surface area contributed by atoms with Gasteiger partial charge >= 0.3 is 0 Å². The number of amides is 2. The number of para-hydroxylation sites is 1. The van der Waals surface area contributed by atoms with Gasteiger partial charge in [-0.25, -0.2) is 0 Å². The summed E-state index contributed by atoms with van der Waals surface area (Å²) in [6.45, 7) is 2.51. The molecule has 2 amide bonds. The molecule has 1 heterocycles. The van der Waals surface area contributed by atoms with Crippen molar-refractivity contribution in [3.63, 3.8) is 0 Å². The van der Waals surface area contributed by atoms with Crippen molar-refractivity contribution in [2.24, 2.45) is 0 Å². The zero-order valence-electron chi connectivity index (χ0n) is 16.9. The van der Waals surface area contributed by atoms with Crippen LogP contribution < -0.4 is 15.0 Å². The van der Waals surface area contributed by atoms with E-state index in [9.17, 15) is 9.59 Å². The molecule has 154 valence electrons. The molecular weight excluding hydrogens is 408 g/mol. The Balaban J connectivity index is 1.50. The lowest BCUT2D eigenvalue weighted by Gasteiger charge is -2.28. The summed E-state index contributed by atoms with van der Waals surface area (Å²) in [6, 6.07) is 24.4. The average Bonchev–Trinajstić information content (AvgIpc) is 2.78. The van der Waals surface area contributed by atoms with Gasteiger partial charge in [-0.1, -0.05) is 60.2 Å². The smallest absolute Gasteiger partial charge is 0.270 e. The fourth-order valence-electron chi connectivity index (χ4n) is 3.15. The highest BCUT2D eigenvalue weighted by molar-refractivity contribution is 7.80. The van der Waals surface area contributed by atoms with Crippen molar-refractivity contribution < 1.29 is 14.3 Å². The summed E-state index contributed by atoms with van der Waals surface area (Å²) in [4.78, 5) is 26.7. The van der Waals surface area contributed by atoms with Crippen LogP contribution in [0.25, 0.3) is 6.08 Å². The number of aryl methyl sites for hydroxylation is 1. The topological polar surface area (TPSA) is 58.6 Å². The number of rotatable bonds is 5. The number of carbonyl (C=O) groups excluding carboxylic acids is 2. The van der Waals surface area contributed by atoms with E-state index in [1.807, 2.05) is 49.4 Å². The van der Waals surface area contributed by atoms with Crippen LogP contribution in [0.15, 0.2) is 84.4 Å². The third kappa shape index (κ3) is 4.70. The van der Waals surface area contributed by atoms with Gasteiger partial charge in [-0.2, -0.15) is 0 Å². The summed E-state index contributed by atoms with van der Waals surface area (Å²) in [5.74, 6) is -0.268. The second-order valence-electron chi connectivity index (χ2n) is 7.14. The van der Waals surface area contributed by atoms with Crippen LogP contribution in [0.3, 0.4) is 0 Å². The molecule has 3 aromatic carbocycles. The van der Waals surface area contributed by atoms with E-state index in [4.69, 9.17) is 17.0 Å². The van der Waals surface area contributed by atoms with E-state index in [1.165, 1.54) is 10.5 Å². The Morgan fingerprint density at radius 3 is 2.29 bits per heavy atom. The fraction of sp³-hybridized carbons (Fsp3) is 0.0800. The first-order valence-electron chi connectivity index (χ1n) is 9.76. The maximum atomic E-state index is 13.0. The van der Waals surface area contributed by atoms with E-state index in [2.05, 4.69) is 5.32 Å². The van der Waals surface area contributed by atoms with Crippen molar-refractivity contribution in [1.29, 1.82) is 0 Å². The van der Waals surface area contributed by atoms with Gasteiger partial charge in [-0.05, 0) is 60.6 Å². The van der Waals surface area contributed by atoms with E-state index >= 15 is 0 Å². The van der Waals surface area contributed by atoms with Gasteiger partial charge in [0.1, 0.15) is 17.9 Å². The number of nitrogens with one attached hydrogen (secondary N) is 1. The lowest BCUT2D eigenvalue weighted by molar-refractivity contribution is -0.122. The molecule has 0 aliphatic carbocycles. The summed E-state index contributed by atoms with van der Waals surface area (Å²) >= 11 is 5.20. The summed E-state index contributed by atoms with van der Waals surface area (Å²) in [6.07, 6.45) is 1.55. The van der Waals surface area contributed by atoms with Crippen LogP contribution in [0.2, 0.25) is 0 Å². The first-order valence-corrected chi connectivity index (χ1v) is 10.2. The number of ether oxygens (including phenoxy) is 1. The van der Waals surface area contributed by atoms with Crippen molar-refractivity contribution in [2.75, 3.05) is 4.90 Å². The zero-order chi connectivity index (χ0) is 21.8. The first kappa shape index (κ1) is 20.5. The van der Waals surface area contributed by atoms with E-state index in [1.54, 1.807) is 42.5 Å². The first-order chi connectivity index (χ1) is 15.0. The quantitative estimate of drug-likeness (QED) is 0.372. The number of thiocarbonyl (C=S) groups is 1. The van der Waals surface area contributed by atoms with Crippen LogP contribution in [0.4, 0.5) is 5.69 Å². The highest BCUT2D eigenvalue weighted by atomic mass is 32.1. The number of hydrogen-bond acceptors (Lipinski definition) is 4. The largest absolute Gasteiger partial charge is 0.489 e. The van der Waals surface area contributed by atoms with Crippen molar-refractivity contribution in [3.8, 4) is 5.75 Å². The molecule has 3 aromatic rings. The maximum absolute atomic E-state index is 13.0. The molecule has 0 saturated carbocycles. The predicted molar refractivity (Wildman–Crippen MR) is 125 cm³/mol. The van der Waals surface area contributed by atoms with Crippen molar-refractivity contribution >= 4 is 40.9 Å². The lowest BCUT2D eigenvalue weighted by atomic mass is 10.1. The molecule has 1 saturated heterocycles. The molecule has 4 rings (SSSR count). The normalized spacial score (nSPS) is 15.2. The monoisotopic (exact) mass is 428 g/mol. The van der Waals surface area contributed by atoms with Crippen molar-refractivity contribution in [3.05, 3.63) is 101 Å². The SMILES string of the molecule is Cc1ccc(COc2ccc(/C=C3/C(=O)NC(=S)N(c4ccccc4)C3=O)cc2)cc1. The summed E-state index contributed by atoms with van der Waals surface area (Å²) in [5.41, 5.74) is 3.61. The van der Waals surface area contributed by atoms with Gasteiger partial charge in [0.25, 0.3) is 11.8 Å². The lowest BCUT2D eigenvalue weighted by Crippen LogP contribution is -2.54. The summed E-state index contributed by atoms with van der Waals surface area (Å²) in [7, 11) is 0. The summed E-state index contributed by atoms with van der Waals surface area (Å²) in [5, 5.41) is 2.65. The van der Waals surface area contributed by atoms with Gasteiger partial charge < -0.3 is 4.74 Å². The minimum absolute atomic E-state index is 0.0192. The molecule has 0 spiro atoms. The summed E-state index contributed by atoms with van der Waals surface area (Å²) < 4.78 is 5.82. The van der Waals surface area contributed by atoms with Crippen LogP contribution in [0.5, 0.6) is 5.75 Å². The van der Waals surface area contributed by atoms with Crippen molar-refractivity contribution in [2.45, 2.75) is 13.5 Å². The Kier molecular flexibility index (Phi) is 5.91. The Hall–Kier alpha value is -3.77. The van der Waals surface area contributed by atoms with E-state index in [0.717, 1.165) is 5.56 Å². The Morgan fingerprint density at radius 2 is 1.61 bits per heavy atom. The van der Waals surface area contributed by atoms with Crippen LogP contribution in [-0.4, -0.2) is 16.9 Å². The van der Waals surface area contributed by atoms with Gasteiger partial charge in [0.15, 0.2) is 5.11 Å². The van der Waals surface area contributed by atoms with Gasteiger partial charge in [0.05, 0.1) is 5.69 Å². The van der Waals surface area contributed by atoms with E-state index in [0.29, 0.717) is 23.6 Å². The molecule has 5 nitrogen and oxygen atoms in total. The van der Waals surface area contributed by atoms with E-state index < -0.39 is 11.8 Å². The molecule has 0 bridgehead atoms. The molecule has 6 heteroatoms. The molecule has 31 heavy (non-hydrogen) atoms. The fourth-order valence-corrected chi connectivity index (χ4v) is 3.43. The molecule has 0 aromatic heterocycles.